The lowest BCUT2D eigenvalue weighted by atomic mass is 10.3. The van der Waals surface area contributed by atoms with Crippen molar-refractivity contribution in [2.24, 2.45) is 0 Å². The van der Waals surface area contributed by atoms with Crippen LogP contribution >= 0.6 is 11.3 Å². The molecule has 0 aliphatic carbocycles. The van der Waals surface area contributed by atoms with Gasteiger partial charge in [-0.05, 0) is 0 Å². The number of aromatic nitrogens is 5. The minimum absolute atomic E-state index is 0.256. The molecule has 8 nitrogen and oxygen atoms in total. The van der Waals surface area contributed by atoms with Crippen LogP contribution in [-0.2, 0) is 0 Å². The molecule has 0 atom stereocenters. The number of nitrogens with zero attached hydrogens (tertiary/aromatic N) is 6. The van der Waals surface area contributed by atoms with Crippen LogP contribution in [0.15, 0.2) is 30.0 Å². The summed E-state index contributed by atoms with van der Waals surface area (Å²) in [6.07, 6.45) is 4.58. The van der Waals surface area contributed by atoms with Crippen molar-refractivity contribution >= 4 is 28.7 Å². The minimum atomic E-state index is 0.256. The molecule has 0 bridgehead atoms. The Morgan fingerprint density at radius 2 is 2.05 bits per heavy atom. The fourth-order valence-corrected chi connectivity index (χ4v) is 2.36. The molecule has 0 aliphatic rings. The Bertz CT molecular complexity index is 807. The molecule has 2 N–H and O–H groups in total. The second kappa shape index (κ2) is 6.11. The van der Waals surface area contributed by atoms with Crippen molar-refractivity contribution in [2.45, 2.75) is 0 Å². The van der Waals surface area contributed by atoms with E-state index in [1.54, 1.807) is 13.2 Å². The zero-order valence-corrected chi connectivity index (χ0v) is 12.3. The van der Waals surface area contributed by atoms with Gasteiger partial charge in [0.1, 0.15) is 22.6 Å². The molecule has 3 aromatic heterocycles. The van der Waals surface area contributed by atoms with E-state index in [-0.39, 0.29) is 5.69 Å². The molecule has 0 spiro atoms. The average molecular weight is 310 g/mol. The van der Waals surface area contributed by atoms with Crippen LogP contribution in [0.3, 0.4) is 0 Å². The molecular formula is C13H10N8S. The van der Waals surface area contributed by atoms with Gasteiger partial charge in [0.15, 0.2) is 11.5 Å². The van der Waals surface area contributed by atoms with Gasteiger partial charge in [-0.2, -0.15) is 5.26 Å². The number of nitrogens with one attached hydrogen (secondary N) is 2. The van der Waals surface area contributed by atoms with Gasteiger partial charge < -0.3 is 10.6 Å². The molecule has 0 saturated carbocycles. The Morgan fingerprint density at radius 1 is 1.14 bits per heavy atom. The Labute approximate surface area is 129 Å². The minimum Gasteiger partial charge on any atom is -0.386 e. The standard InChI is InChI=1S/C13H10N8S/c1-15-9-4-10(19-11-7-17-8(5-14)6-18-11)20-21-12(9)13-16-2-3-22-13/h2-4,6-7H,1H3,(H2,15,18,19,20). The molecule has 9 heteroatoms. The van der Waals surface area contributed by atoms with Crippen molar-refractivity contribution in [1.29, 1.82) is 5.26 Å². The van der Waals surface area contributed by atoms with E-state index in [9.17, 15) is 0 Å². The third-order valence-corrected chi connectivity index (χ3v) is 3.50. The lowest BCUT2D eigenvalue weighted by Crippen LogP contribution is -2.02. The SMILES string of the molecule is CNc1cc(Nc2cnc(C#N)cn2)nnc1-c1nccs1. The van der Waals surface area contributed by atoms with E-state index >= 15 is 0 Å². The highest BCUT2D eigenvalue weighted by Crippen LogP contribution is 2.28. The normalized spacial score (nSPS) is 10.0. The monoisotopic (exact) mass is 310 g/mol. The van der Waals surface area contributed by atoms with Crippen molar-refractivity contribution in [3.8, 4) is 16.8 Å². The predicted octanol–water partition coefficient (Wildman–Crippen LogP) is 2.05. The summed E-state index contributed by atoms with van der Waals surface area (Å²) in [5.41, 5.74) is 1.75. The molecule has 0 aromatic carbocycles. The van der Waals surface area contributed by atoms with Gasteiger partial charge in [-0.15, -0.1) is 21.5 Å². The second-order valence-corrected chi connectivity index (χ2v) is 5.00. The summed E-state index contributed by atoms with van der Waals surface area (Å²) in [5.74, 6) is 1.00. The molecule has 3 aromatic rings. The van der Waals surface area contributed by atoms with E-state index in [4.69, 9.17) is 5.26 Å². The maximum Gasteiger partial charge on any atom is 0.158 e. The molecule has 0 saturated heterocycles. The first-order valence-corrected chi connectivity index (χ1v) is 7.12. The van der Waals surface area contributed by atoms with Crippen LogP contribution in [0.5, 0.6) is 0 Å². The highest BCUT2D eigenvalue weighted by atomic mass is 32.1. The highest BCUT2D eigenvalue weighted by molar-refractivity contribution is 7.13. The molecule has 3 rings (SSSR count). The fourth-order valence-electron chi connectivity index (χ4n) is 1.72. The van der Waals surface area contributed by atoms with E-state index < -0.39 is 0 Å². The third kappa shape index (κ3) is 2.82. The van der Waals surface area contributed by atoms with Gasteiger partial charge in [-0.25, -0.2) is 15.0 Å². The van der Waals surface area contributed by atoms with Crippen molar-refractivity contribution in [1.82, 2.24) is 25.1 Å². The summed E-state index contributed by atoms with van der Waals surface area (Å²) in [5, 5.41) is 25.7. The van der Waals surface area contributed by atoms with Gasteiger partial charge in [-0.1, -0.05) is 0 Å². The average Bonchev–Trinajstić information content (AvgIpc) is 3.09. The zero-order valence-electron chi connectivity index (χ0n) is 11.5. The van der Waals surface area contributed by atoms with E-state index in [1.807, 2.05) is 17.5 Å². The quantitative estimate of drug-likeness (QED) is 0.753. The molecule has 0 fully saturated rings. The Kier molecular flexibility index (Phi) is 3.84. The first kappa shape index (κ1) is 13.8. The topological polar surface area (TPSA) is 112 Å². The number of hydrogen-bond acceptors (Lipinski definition) is 9. The number of thiazole rings is 1. The van der Waals surface area contributed by atoms with Gasteiger partial charge in [0.25, 0.3) is 0 Å². The highest BCUT2D eigenvalue weighted by Gasteiger charge is 2.11. The van der Waals surface area contributed by atoms with Crippen LogP contribution in [0.25, 0.3) is 10.7 Å². The first-order valence-electron chi connectivity index (χ1n) is 6.24. The van der Waals surface area contributed by atoms with Crippen LogP contribution < -0.4 is 10.6 Å². The number of hydrogen-bond donors (Lipinski definition) is 2. The molecule has 0 unspecified atom stereocenters. The van der Waals surface area contributed by atoms with Crippen LogP contribution in [-0.4, -0.2) is 32.2 Å². The first-order chi connectivity index (χ1) is 10.8. The van der Waals surface area contributed by atoms with Crippen molar-refractivity contribution in [2.75, 3.05) is 17.7 Å². The summed E-state index contributed by atoms with van der Waals surface area (Å²) >= 11 is 1.49. The summed E-state index contributed by atoms with van der Waals surface area (Å²) < 4.78 is 0. The van der Waals surface area contributed by atoms with E-state index in [0.29, 0.717) is 17.3 Å². The molecule has 108 valence electrons. The van der Waals surface area contributed by atoms with E-state index in [1.165, 1.54) is 23.7 Å². The molecule has 3 heterocycles. The summed E-state index contributed by atoms with van der Waals surface area (Å²) in [6, 6.07) is 3.72. The number of rotatable bonds is 4. The Morgan fingerprint density at radius 3 is 2.68 bits per heavy atom. The smallest absolute Gasteiger partial charge is 0.158 e. The number of nitriles is 1. The largest absolute Gasteiger partial charge is 0.386 e. The van der Waals surface area contributed by atoms with E-state index in [2.05, 4.69) is 35.8 Å². The zero-order chi connectivity index (χ0) is 15.4. The fraction of sp³-hybridized carbons (Fsp3) is 0.0769. The Hall–Kier alpha value is -3.12. The molecule has 0 amide bonds. The lowest BCUT2D eigenvalue weighted by molar-refractivity contribution is 1.03. The van der Waals surface area contributed by atoms with Gasteiger partial charge in [-0.3, -0.25) is 0 Å². The van der Waals surface area contributed by atoms with Crippen LogP contribution in [0.2, 0.25) is 0 Å². The van der Waals surface area contributed by atoms with Gasteiger partial charge >= 0.3 is 0 Å². The predicted molar refractivity (Wildman–Crippen MR) is 82.7 cm³/mol. The third-order valence-electron chi connectivity index (χ3n) is 2.72. The van der Waals surface area contributed by atoms with Crippen molar-refractivity contribution in [3.05, 3.63) is 35.7 Å². The van der Waals surface area contributed by atoms with Crippen LogP contribution in [0.1, 0.15) is 5.69 Å². The summed E-state index contributed by atoms with van der Waals surface area (Å²) in [7, 11) is 1.80. The molecule has 0 aliphatic heterocycles. The lowest BCUT2D eigenvalue weighted by Gasteiger charge is -2.08. The van der Waals surface area contributed by atoms with Gasteiger partial charge in [0, 0.05) is 24.7 Å². The molecular weight excluding hydrogens is 300 g/mol. The van der Waals surface area contributed by atoms with Crippen LogP contribution in [0, 0.1) is 11.3 Å². The van der Waals surface area contributed by atoms with Crippen molar-refractivity contribution < 1.29 is 0 Å². The second-order valence-electron chi connectivity index (χ2n) is 4.10. The Balaban J connectivity index is 1.87. The maximum atomic E-state index is 8.70. The van der Waals surface area contributed by atoms with Crippen LogP contribution in [0.4, 0.5) is 17.3 Å². The molecule has 0 radical (unpaired) electrons. The summed E-state index contributed by atoms with van der Waals surface area (Å²) in [6.45, 7) is 0. The van der Waals surface area contributed by atoms with Gasteiger partial charge in [0.05, 0.1) is 18.1 Å². The maximum absolute atomic E-state index is 8.70. The van der Waals surface area contributed by atoms with E-state index in [0.717, 1.165) is 10.7 Å². The van der Waals surface area contributed by atoms with Gasteiger partial charge in [0.2, 0.25) is 0 Å². The van der Waals surface area contributed by atoms with Crippen molar-refractivity contribution in [3.63, 3.8) is 0 Å². The summed E-state index contributed by atoms with van der Waals surface area (Å²) in [4.78, 5) is 12.2. The number of anilines is 3. The molecule has 22 heavy (non-hydrogen) atoms.